The van der Waals surface area contributed by atoms with Gasteiger partial charge in [-0.25, -0.2) is 0 Å². The zero-order valence-corrected chi connectivity index (χ0v) is 14.5. The summed E-state index contributed by atoms with van der Waals surface area (Å²) < 4.78 is 2.93. The van der Waals surface area contributed by atoms with E-state index in [0.717, 1.165) is 23.9 Å². The van der Waals surface area contributed by atoms with E-state index in [-0.39, 0.29) is 6.04 Å². The van der Waals surface area contributed by atoms with Gasteiger partial charge in [-0.3, -0.25) is 4.68 Å². The molecule has 0 saturated carbocycles. The Balaban J connectivity index is 2.09. The van der Waals surface area contributed by atoms with Gasteiger partial charge in [-0.05, 0) is 46.5 Å². The monoisotopic (exact) mass is 350 g/mol. The van der Waals surface area contributed by atoms with Crippen LogP contribution in [0.25, 0.3) is 0 Å². The number of hydrogen-bond acceptors (Lipinski definition) is 3. The minimum absolute atomic E-state index is 0.232. The summed E-state index contributed by atoms with van der Waals surface area (Å²) in [5.41, 5.74) is 9.67. The van der Waals surface area contributed by atoms with Crippen LogP contribution >= 0.6 is 15.9 Å². The number of rotatable bonds is 6. The Hall–Kier alpha value is -1.33. The van der Waals surface area contributed by atoms with E-state index in [1.165, 1.54) is 16.8 Å². The fourth-order valence-corrected chi connectivity index (χ4v) is 3.08. The number of benzene rings is 1. The van der Waals surface area contributed by atoms with Crippen molar-refractivity contribution >= 4 is 21.6 Å². The maximum absolute atomic E-state index is 6.02. The van der Waals surface area contributed by atoms with Crippen LogP contribution in [0.3, 0.4) is 0 Å². The fraction of sp³-hybridized carbons (Fsp3) is 0.438. The highest BCUT2D eigenvalue weighted by Gasteiger charge is 2.09. The Morgan fingerprint density at radius 3 is 2.71 bits per heavy atom. The topological polar surface area (TPSA) is 47.1 Å². The lowest BCUT2D eigenvalue weighted by atomic mass is 10.0. The van der Waals surface area contributed by atoms with Gasteiger partial charge in [-0.1, -0.05) is 13.0 Å². The van der Waals surface area contributed by atoms with Crippen molar-refractivity contribution in [3.63, 3.8) is 0 Å². The first-order valence-electron chi connectivity index (χ1n) is 7.22. The fourth-order valence-electron chi connectivity index (χ4n) is 2.35. The van der Waals surface area contributed by atoms with Crippen molar-refractivity contribution in [3.8, 4) is 0 Å². The highest BCUT2D eigenvalue weighted by atomic mass is 79.9. The summed E-state index contributed by atoms with van der Waals surface area (Å²) in [6, 6.07) is 6.72. The summed E-state index contributed by atoms with van der Waals surface area (Å²) in [5, 5.41) is 4.21. The second kappa shape index (κ2) is 7.09. The van der Waals surface area contributed by atoms with Crippen molar-refractivity contribution in [1.29, 1.82) is 0 Å². The second-order valence-corrected chi connectivity index (χ2v) is 6.39. The van der Waals surface area contributed by atoms with E-state index in [1.807, 2.05) is 24.1 Å². The first-order valence-corrected chi connectivity index (χ1v) is 8.01. The highest BCUT2D eigenvalue weighted by molar-refractivity contribution is 9.10. The molecular weight excluding hydrogens is 328 g/mol. The van der Waals surface area contributed by atoms with Crippen molar-refractivity contribution in [3.05, 3.63) is 46.2 Å². The number of nitrogens with two attached hydrogens (primary N) is 1. The number of aryl methyl sites for hydroxylation is 1. The molecule has 4 nitrogen and oxygen atoms in total. The van der Waals surface area contributed by atoms with Crippen molar-refractivity contribution in [2.75, 3.05) is 11.9 Å². The van der Waals surface area contributed by atoms with Gasteiger partial charge in [-0.2, -0.15) is 5.10 Å². The first kappa shape index (κ1) is 16.0. The number of halogens is 1. The second-order valence-electron chi connectivity index (χ2n) is 5.54. The zero-order chi connectivity index (χ0) is 15.4. The van der Waals surface area contributed by atoms with E-state index in [4.69, 9.17) is 5.73 Å². The van der Waals surface area contributed by atoms with Crippen molar-refractivity contribution in [2.24, 2.45) is 12.8 Å². The molecule has 2 rings (SSSR count). The summed E-state index contributed by atoms with van der Waals surface area (Å²) in [7, 11) is 4.02. The van der Waals surface area contributed by atoms with Crippen LogP contribution < -0.4 is 10.6 Å². The van der Waals surface area contributed by atoms with Gasteiger partial charge in [0.25, 0.3) is 0 Å². The van der Waals surface area contributed by atoms with Gasteiger partial charge >= 0.3 is 0 Å². The van der Waals surface area contributed by atoms with Crippen molar-refractivity contribution in [2.45, 2.75) is 32.4 Å². The molecule has 1 unspecified atom stereocenters. The molecule has 0 fully saturated rings. The molecular formula is C16H23BrN4. The Morgan fingerprint density at radius 2 is 2.14 bits per heavy atom. The third kappa shape index (κ3) is 4.32. The van der Waals surface area contributed by atoms with Crippen LogP contribution in [0, 0.1) is 0 Å². The molecule has 2 N–H and O–H groups in total. The Bertz CT molecular complexity index is 594. The van der Waals surface area contributed by atoms with Crippen LogP contribution in [0.4, 0.5) is 5.69 Å². The number of aromatic nitrogens is 2. The van der Waals surface area contributed by atoms with E-state index in [1.54, 1.807) is 0 Å². The third-order valence-corrected chi connectivity index (χ3v) is 4.26. The first-order chi connectivity index (χ1) is 9.99. The van der Waals surface area contributed by atoms with Crippen LogP contribution in [0.15, 0.2) is 35.1 Å². The van der Waals surface area contributed by atoms with Crippen molar-refractivity contribution in [1.82, 2.24) is 9.78 Å². The quantitative estimate of drug-likeness (QED) is 0.870. The lowest BCUT2D eigenvalue weighted by Gasteiger charge is -2.21. The molecule has 2 aromatic rings. The van der Waals surface area contributed by atoms with Gasteiger partial charge in [0.1, 0.15) is 0 Å². The van der Waals surface area contributed by atoms with Gasteiger partial charge in [0.15, 0.2) is 0 Å². The number of anilines is 1. The Morgan fingerprint density at radius 1 is 1.38 bits per heavy atom. The molecule has 1 aromatic heterocycles. The van der Waals surface area contributed by atoms with Gasteiger partial charge in [0, 0.05) is 42.9 Å². The van der Waals surface area contributed by atoms with Crippen LogP contribution in [0.5, 0.6) is 0 Å². The smallest absolute Gasteiger partial charge is 0.0539 e. The predicted molar refractivity (Wildman–Crippen MR) is 91.4 cm³/mol. The molecule has 0 aliphatic rings. The molecule has 0 amide bonds. The van der Waals surface area contributed by atoms with E-state index < -0.39 is 0 Å². The SMILES string of the molecule is CCC(N)Cc1ccc(N(C)Cc2cnn(C)c2)c(Br)c1. The molecule has 114 valence electrons. The molecule has 1 atom stereocenters. The van der Waals surface area contributed by atoms with Crippen LogP contribution in [-0.2, 0) is 20.0 Å². The van der Waals surface area contributed by atoms with Crippen LogP contribution in [0.2, 0.25) is 0 Å². The van der Waals surface area contributed by atoms with E-state index in [2.05, 4.69) is 58.1 Å². The average Bonchev–Trinajstić information content (AvgIpc) is 2.83. The summed E-state index contributed by atoms with van der Waals surface area (Å²) in [5.74, 6) is 0. The molecule has 1 aromatic carbocycles. The Labute approximate surface area is 135 Å². The molecule has 0 spiro atoms. The molecule has 5 heteroatoms. The third-order valence-electron chi connectivity index (χ3n) is 3.62. The molecule has 0 radical (unpaired) electrons. The number of nitrogens with zero attached hydrogens (tertiary/aromatic N) is 3. The molecule has 0 aliphatic carbocycles. The molecule has 0 saturated heterocycles. The molecule has 21 heavy (non-hydrogen) atoms. The Kier molecular flexibility index (Phi) is 5.42. The maximum Gasteiger partial charge on any atom is 0.0539 e. The van der Waals surface area contributed by atoms with E-state index >= 15 is 0 Å². The summed E-state index contributed by atoms with van der Waals surface area (Å²) >= 11 is 3.67. The van der Waals surface area contributed by atoms with E-state index in [0.29, 0.717) is 0 Å². The normalized spacial score (nSPS) is 12.4. The van der Waals surface area contributed by atoms with E-state index in [9.17, 15) is 0 Å². The van der Waals surface area contributed by atoms with Crippen LogP contribution in [-0.4, -0.2) is 22.9 Å². The number of hydrogen-bond donors (Lipinski definition) is 1. The lowest BCUT2D eigenvalue weighted by Crippen LogP contribution is -2.21. The molecule has 1 heterocycles. The highest BCUT2D eigenvalue weighted by Crippen LogP contribution is 2.28. The average molecular weight is 351 g/mol. The lowest BCUT2D eigenvalue weighted by molar-refractivity contribution is 0.646. The van der Waals surface area contributed by atoms with Crippen molar-refractivity contribution < 1.29 is 0 Å². The van der Waals surface area contributed by atoms with Crippen LogP contribution in [0.1, 0.15) is 24.5 Å². The molecule has 0 bridgehead atoms. The summed E-state index contributed by atoms with van der Waals surface area (Å²) in [6.07, 6.45) is 5.86. The van der Waals surface area contributed by atoms with Gasteiger partial charge in [-0.15, -0.1) is 0 Å². The van der Waals surface area contributed by atoms with Gasteiger partial charge < -0.3 is 10.6 Å². The predicted octanol–water partition coefficient (Wildman–Crippen LogP) is 3.10. The largest absolute Gasteiger partial charge is 0.369 e. The summed E-state index contributed by atoms with van der Waals surface area (Å²) in [4.78, 5) is 2.21. The van der Waals surface area contributed by atoms with Gasteiger partial charge in [0.2, 0.25) is 0 Å². The minimum atomic E-state index is 0.232. The maximum atomic E-state index is 6.02. The molecule has 0 aliphatic heterocycles. The zero-order valence-electron chi connectivity index (χ0n) is 12.9. The summed E-state index contributed by atoms with van der Waals surface area (Å²) in [6.45, 7) is 2.95. The van der Waals surface area contributed by atoms with Gasteiger partial charge in [0.05, 0.1) is 11.9 Å². The minimum Gasteiger partial charge on any atom is -0.369 e. The standard InChI is InChI=1S/C16H23BrN4/c1-4-14(18)7-12-5-6-16(15(17)8-12)20(2)10-13-9-19-21(3)11-13/h5-6,8-9,11,14H,4,7,10,18H2,1-3H3.